The molecule has 5 heteroatoms. The van der Waals surface area contributed by atoms with E-state index in [1.54, 1.807) is 6.20 Å². The molecule has 0 spiro atoms. The van der Waals surface area contributed by atoms with Crippen LogP contribution >= 0.6 is 15.9 Å². The van der Waals surface area contributed by atoms with Gasteiger partial charge in [0.15, 0.2) is 0 Å². The molecule has 3 heterocycles. The van der Waals surface area contributed by atoms with Gasteiger partial charge < -0.3 is 4.90 Å². The number of aromatic nitrogens is 1. The molecule has 1 saturated heterocycles. The molecule has 2 aromatic carbocycles. The lowest BCUT2D eigenvalue weighted by atomic mass is 9.90. The van der Waals surface area contributed by atoms with E-state index in [0.29, 0.717) is 17.6 Å². The monoisotopic (exact) mass is 432 g/mol. The fourth-order valence-corrected chi connectivity index (χ4v) is 5.20. The van der Waals surface area contributed by atoms with E-state index < -0.39 is 0 Å². The summed E-state index contributed by atoms with van der Waals surface area (Å²) in [5.41, 5.74) is 5.54. The number of hydrogen-bond acceptors (Lipinski definition) is 4. The Kier molecular flexibility index (Phi) is 4.34. The molecule has 0 aliphatic carbocycles. The summed E-state index contributed by atoms with van der Waals surface area (Å²) >= 11 is 3.62. The highest BCUT2D eigenvalue weighted by Gasteiger charge is 2.36. The zero-order chi connectivity index (χ0) is 19.3. The van der Waals surface area contributed by atoms with E-state index in [9.17, 15) is 5.26 Å². The second-order valence-corrected chi connectivity index (χ2v) is 8.76. The van der Waals surface area contributed by atoms with Crippen LogP contribution in [0.15, 0.2) is 53.1 Å². The zero-order valence-corrected chi connectivity index (χ0v) is 17.4. The van der Waals surface area contributed by atoms with E-state index in [0.717, 1.165) is 41.4 Å². The molecule has 28 heavy (non-hydrogen) atoms. The van der Waals surface area contributed by atoms with E-state index >= 15 is 0 Å². The summed E-state index contributed by atoms with van der Waals surface area (Å²) in [7, 11) is 0. The summed E-state index contributed by atoms with van der Waals surface area (Å²) < 4.78 is 1.16. The highest BCUT2D eigenvalue weighted by atomic mass is 79.9. The molecule has 1 fully saturated rings. The van der Waals surface area contributed by atoms with Crippen molar-refractivity contribution >= 4 is 32.5 Å². The second kappa shape index (κ2) is 6.88. The van der Waals surface area contributed by atoms with Crippen LogP contribution in [0.5, 0.6) is 0 Å². The number of piperazine rings is 1. The molecule has 0 bridgehead atoms. The van der Waals surface area contributed by atoms with Crippen LogP contribution in [0.4, 0.5) is 5.69 Å². The molecule has 4 nitrogen and oxygen atoms in total. The Morgan fingerprint density at radius 3 is 2.89 bits per heavy atom. The van der Waals surface area contributed by atoms with E-state index in [1.165, 1.54) is 16.8 Å². The van der Waals surface area contributed by atoms with Crippen LogP contribution in [0.3, 0.4) is 0 Å². The Bertz CT molecular complexity index is 1100. The maximum Gasteiger partial charge on any atom is 0.101 e. The van der Waals surface area contributed by atoms with E-state index in [4.69, 9.17) is 0 Å². The lowest BCUT2D eigenvalue weighted by Gasteiger charge is -2.49. The predicted octanol–water partition coefficient (Wildman–Crippen LogP) is 4.50. The standard InChI is InChI=1S/C23H21BrN4/c1-15-12-27(22-7-5-16(11-25)23-21(22)3-2-8-26-23)14-20-10-18-9-19(24)6-4-17(18)13-28(15)20/h2-9,15,20H,10,12-14H2,1H3/t15-,20+/m1/s1. The largest absolute Gasteiger partial charge is 0.368 e. The molecule has 0 N–H and O–H groups in total. The van der Waals surface area contributed by atoms with E-state index in [1.807, 2.05) is 12.1 Å². The van der Waals surface area contributed by atoms with Crippen molar-refractivity contribution in [2.75, 3.05) is 18.0 Å². The van der Waals surface area contributed by atoms with Gasteiger partial charge in [0, 0.05) is 53.5 Å². The van der Waals surface area contributed by atoms with Crippen LogP contribution in [0.1, 0.15) is 23.6 Å². The molecule has 2 aliphatic heterocycles. The van der Waals surface area contributed by atoms with Gasteiger partial charge in [0.1, 0.15) is 6.07 Å². The number of nitrogens with zero attached hydrogens (tertiary/aromatic N) is 4. The number of anilines is 1. The average molecular weight is 433 g/mol. The van der Waals surface area contributed by atoms with Crippen molar-refractivity contribution < 1.29 is 0 Å². The van der Waals surface area contributed by atoms with Crippen LogP contribution < -0.4 is 4.90 Å². The Hall–Kier alpha value is -2.42. The molecular formula is C23H21BrN4. The van der Waals surface area contributed by atoms with E-state index in [-0.39, 0.29) is 0 Å². The van der Waals surface area contributed by atoms with Gasteiger partial charge in [-0.25, -0.2) is 0 Å². The number of hydrogen-bond donors (Lipinski definition) is 0. The molecule has 0 amide bonds. The highest BCUT2D eigenvalue weighted by molar-refractivity contribution is 9.10. The Labute approximate surface area is 173 Å². The number of halogens is 1. The fraction of sp³-hybridized carbons (Fsp3) is 0.304. The van der Waals surface area contributed by atoms with Gasteiger partial charge in [-0.3, -0.25) is 9.88 Å². The molecule has 0 unspecified atom stereocenters. The molecule has 2 aliphatic rings. The molecule has 0 saturated carbocycles. The number of benzene rings is 2. The van der Waals surface area contributed by atoms with Crippen molar-refractivity contribution in [2.45, 2.75) is 32.0 Å². The summed E-state index contributed by atoms with van der Waals surface area (Å²) in [6.07, 6.45) is 2.84. The fourth-order valence-electron chi connectivity index (χ4n) is 4.79. The smallest absolute Gasteiger partial charge is 0.101 e. The average Bonchev–Trinajstić information content (AvgIpc) is 2.71. The first-order valence-electron chi connectivity index (χ1n) is 9.70. The minimum absolute atomic E-state index is 0.470. The Morgan fingerprint density at radius 1 is 1.14 bits per heavy atom. The first-order valence-corrected chi connectivity index (χ1v) is 10.5. The zero-order valence-electron chi connectivity index (χ0n) is 15.8. The van der Waals surface area contributed by atoms with Crippen LogP contribution in [-0.4, -0.2) is 35.1 Å². The molecule has 1 aromatic heterocycles. The predicted molar refractivity (Wildman–Crippen MR) is 115 cm³/mol. The van der Waals surface area contributed by atoms with Crippen molar-refractivity contribution in [3.63, 3.8) is 0 Å². The van der Waals surface area contributed by atoms with Crippen LogP contribution in [0.25, 0.3) is 10.9 Å². The van der Waals surface area contributed by atoms with Crippen LogP contribution in [-0.2, 0) is 13.0 Å². The van der Waals surface area contributed by atoms with Crippen molar-refractivity contribution in [3.05, 3.63) is 69.8 Å². The maximum atomic E-state index is 9.43. The topological polar surface area (TPSA) is 43.2 Å². The van der Waals surface area contributed by atoms with Crippen LogP contribution in [0.2, 0.25) is 0 Å². The number of fused-ring (bicyclic) bond motifs is 3. The quantitative estimate of drug-likeness (QED) is 0.567. The third kappa shape index (κ3) is 2.88. The third-order valence-electron chi connectivity index (χ3n) is 6.14. The second-order valence-electron chi connectivity index (χ2n) is 7.84. The number of rotatable bonds is 1. The number of pyridine rings is 1. The van der Waals surface area contributed by atoms with Crippen molar-refractivity contribution in [2.24, 2.45) is 0 Å². The van der Waals surface area contributed by atoms with Gasteiger partial charge in [-0.1, -0.05) is 22.0 Å². The van der Waals surface area contributed by atoms with Crippen molar-refractivity contribution in [1.82, 2.24) is 9.88 Å². The van der Waals surface area contributed by atoms with Crippen molar-refractivity contribution in [3.8, 4) is 6.07 Å². The minimum Gasteiger partial charge on any atom is -0.368 e. The summed E-state index contributed by atoms with van der Waals surface area (Å²) in [5, 5.41) is 10.5. The minimum atomic E-state index is 0.470. The molecule has 140 valence electrons. The van der Waals surface area contributed by atoms with Gasteiger partial charge in [-0.05, 0) is 60.9 Å². The summed E-state index contributed by atoms with van der Waals surface area (Å²) in [5.74, 6) is 0. The molecule has 5 rings (SSSR count). The third-order valence-corrected chi connectivity index (χ3v) is 6.63. The molecular weight excluding hydrogens is 412 g/mol. The lowest BCUT2D eigenvalue weighted by Crippen LogP contribution is -2.59. The van der Waals surface area contributed by atoms with Gasteiger partial charge in [0.2, 0.25) is 0 Å². The van der Waals surface area contributed by atoms with Gasteiger partial charge in [0.05, 0.1) is 11.1 Å². The maximum absolute atomic E-state index is 9.43. The summed E-state index contributed by atoms with van der Waals surface area (Å²) in [4.78, 5) is 9.62. The lowest BCUT2D eigenvalue weighted by molar-refractivity contribution is 0.101. The molecule has 0 radical (unpaired) electrons. The summed E-state index contributed by atoms with van der Waals surface area (Å²) in [6.45, 7) is 5.33. The van der Waals surface area contributed by atoms with Gasteiger partial charge in [-0.2, -0.15) is 5.26 Å². The van der Waals surface area contributed by atoms with Gasteiger partial charge in [-0.15, -0.1) is 0 Å². The Morgan fingerprint density at radius 2 is 2.04 bits per heavy atom. The van der Waals surface area contributed by atoms with E-state index in [2.05, 4.69) is 74.0 Å². The first kappa shape index (κ1) is 17.7. The van der Waals surface area contributed by atoms with Crippen molar-refractivity contribution in [1.29, 1.82) is 5.26 Å². The first-order chi connectivity index (χ1) is 13.6. The molecule has 3 aromatic rings. The SMILES string of the molecule is C[C@@H]1CN(c2ccc(C#N)c3ncccc23)C[C@@H]2Cc3cc(Br)ccc3CN21. The molecule has 2 atom stereocenters. The summed E-state index contributed by atoms with van der Waals surface area (Å²) in [6, 6.07) is 18.0. The highest BCUT2D eigenvalue weighted by Crippen LogP contribution is 2.35. The van der Waals surface area contributed by atoms with Crippen LogP contribution in [0, 0.1) is 11.3 Å². The normalized spacial score (nSPS) is 21.8. The number of nitriles is 1. The van der Waals surface area contributed by atoms with Gasteiger partial charge >= 0.3 is 0 Å². The van der Waals surface area contributed by atoms with Gasteiger partial charge in [0.25, 0.3) is 0 Å². The Balaban J connectivity index is 1.51.